The first-order valence-corrected chi connectivity index (χ1v) is 8.24. The van der Waals surface area contributed by atoms with Crippen LogP contribution in [0.2, 0.25) is 0 Å². The van der Waals surface area contributed by atoms with Gasteiger partial charge >= 0.3 is 0 Å². The van der Waals surface area contributed by atoms with Crippen LogP contribution in [0, 0.1) is 17.8 Å². The Morgan fingerprint density at radius 1 is 0.739 bits per heavy atom. The molecule has 4 atom stereocenters. The van der Waals surface area contributed by atoms with Gasteiger partial charge in [-0.3, -0.25) is 4.79 Å². The third-order valence-corrected chi connectivity index (χ3v) is 5.33. The minimum atomic E-state index is -0.178. The maximum absolute atomic E-state index is 12.8. The van der Waals surface area contributed by atoms with E-state index in [2.05, 4.69) is 0 Å². The summed E-state index contributed by atoms with van der Waals surface area (Å²) >= 11 is 0. The Morgan fingerprint density at radius 3 is 1.48 bits per heavy atom. The van der Waals surface area contributed by atoms with Crippen LogP contribution in [-0.4, -0.2) is 12.1 Å². The third kappa shape index (κ3) is 2.74. The van der Waals surface area contributed by atoms with Gasteiger partial charge in [0.15, 0.2) is 0 Å². The molecule has 0 N–H and O–H groups in total. The summed E-state index contributed by atoms with van der Waals surface area (Å²) < 4.78 is 0. The predicted octanol–water partition coefficient (Wildman–Crippen LogP) is 4.22. The zero-order valence-electron chi connectivity index (χ0n) is 13.6. The second kappa shape index (κ2) is 6.49. The maximum Gasteiger partial charge on any atom is 0.139 e. The number of rotatable bonds is 3. The standard InChI is InChI=1S/C21H22O2/c1-14-19(16-9-5-3-6-10-16)18(13-22)20(15(2)21(14)23)17-11-7-4-8-12-17/h3-15,18-20H,1-2H3. The van der Waals surface area contributed by atoms with Crippen molar-refractivity contribution in [3.8, 4) is 0 Å². The van der Waals surface area contributed by atoms with Crippen LogP contribution in [0.3, 0.4) is 0 Å². The molecule has 0 bridgehead atoms. The SMILES string of the molecule is CC1C(=O)C(C)C(c2ccccc2)C(C=O)C1c1ccccc1. The Bertz CT molecular complexity index is 622. The van der Waals surface area contributed by atoms with E-state index in [1.807, 2.05) is 74.5 Å². The van der Waals surface area contributed by atoms with Gasteiger partial charge in [-0.1, -0.05) is 74.5 Å². The fraction of sp³-hybridized carbons (Fsp3) is 0.333. The number of aldehydes is 1. The molecule has 3 rings (SSSR count). The van der Waals surface area contributed by atoms with E-state index in [4.69, 9.17) is 0 Å². The Balaban J connectivity index is 2.09. The molecular weight excluding hydrogens is 284 g/mol. The van der Waals surface area contributed by atoms with E-state index in [9.17, 15) is 9.59 Å². The van der Waals surface area contributed by atoms with Crippen molar-refractivity contribution in [2.45, 2.75) is 25.7 Å². The van der Waals surface area contributed by atoms with Crippen molar-refractivity contribution < 1.29 is 9.59 Å². The molecule has 2 heteroatoms. The Labute approximate surface area is 137 Å². The molecule has 2 aromatic rings. The molecule has 2 nitrogen and oxygen atoms in total. The third-order valence-electron chi connectivity index (χ3n) is 5.33. The molecule has 1 aliphatic rings. The number of Topliss-reactive ketones (excluding diaryl/α,β-unsaturated/α-hetero) is 1. The number of hydrogen-bond donors (Lipinski definition) is 0. The Hall–Kier alpha value is -2.22. The van der Waals surface area contributed by atoms with E-state index < -0.39 is 0 Å². The quantitative estimate of drug-likeness (QED) is 0.795. The second-order valence-electron chi connectivity index (χ2n) is 6.57. The molecule has 0 saturated heterocycles. The summed E-state index contributed by atoms with van der Waals surface area (Å²) in [6, 6.07) is 20.0. The van der Waals surface area contributed by atoms with Crippen molar-refractivity contribution in [2.75, 3.05) is 0 Å². The largest absolute Gasteiger partial charge is 0.303 e. The first-order valence-electron chi connectivity index (χ1n) is 8.24. The summed E-state index contributed by atoms with van der Waals surface area (Å²) in [5.41, 5.74) is 2.16. The van der Waals surface area contributed by atoms with Gasteiger partial charge < -0.3 is 4.79 Å². The van der Waals surface area contributed by atoms with E-state index in [-0.39, 0.29) is 35.4 Å². The van der Waals surface area contributed by atoms with Crippen LogP contribution in [-0.2, 0) is 9.59 Å². The van der Waals surface area contributed by atoms with Gasteiger partial charge in [0.25, 0.3) is 0 Å². The smallest absolute Gasteiger partial charge is 0.139 e. The van der Waals surface area contributed by atoms with Gasteiger partial charge in [0.05, 0.1) is 0 Å². The lowest BCUT2D eigenvalue weighted by Crippen LogP contribution is -2.43. The monoisotopic (exact) mass is 306 g/mol. The van der Waals surface area contributed by atoms with Gasteiger partial charge in [-0.2, -0.15) is 0 Å². The molecule has 0 aliphatic heterocycles. The molecule has 0 heterocycles. The number of carbonyl (C=O) groups excluding carboxylic acids is 2. The highest BCUT2D eigenvalue weighted by Gasteiger charge is 2.47. The van der Waals surface area contributed by atoms with Gasteiger partial charge in [-0.25, -0.2) is 0 Å². The number of hydrogen-bond acceptors (Lipinski definition) is 2. The van der Waals surface area contributed by atoms with Crippen molar-refractivity contribution >= 4 is 12.1 Å². The predicted molar refractivity (Wildman–Crippen MR) is 91.3 cm³/mol. The summed E-state index contributed by atoms with van der Waals surface area (Å²) in [5, 5.41) is 0. The molecule has 0 aromatic heterocycles. The average Bonchev–Trinajstić information content (AvgIpc) is 2.61. The molecule has 118 valence electrons. The molecule has 0 spiro atoms. The lowest BCUT2D eigenvalue weighted by molar-refractivity contribution is -0.133. The molecule has 1 fully saturated rings. The summed E-state index contributed by atoms with van der Waals surface area (Å²) in [5.74, 6) is -0.302. The lowest BCUT2D eigenvalue weighted by atomic mass is 9.59. The van der Waals surface area contributed by atoms with Crippen LogP contribution < -0.4 is 0 Å². The zero-order valence-corrected chi connectivity index (χ0v) is 13.6. The molecule has 4 unspecified atom stereocenters. The Kier molecular flexibility index (Phi) is 4.42. The van der Waals surface area contributed by atoms with E-state index in [1.54, 1.807) is 0 Å². The van der Waals surface area contributed by atoms with Gasteiger partial charge in [0.2, 0.25) is 0 Å². The number of ketones is 1. The Morgan fingerprint density at radius 2 is 1.13 bits per heavy atom. The normalized spacial score (nSPS) is 30.9. The first kappa shape index (κ1) is 15.7. The van der Waals surface area contributed by atoms with Gasteiger partial charge in [0.1, 0.15) is 12.1 Å². The van der Waals surface area contributed by atoms with Gasteiger partial charge in [-0.15, -0.1) is 0 Å². The summed E-state index contributed by atoms with van der Waals surface area (Å²) in [6.45, 7) is 3.93. The maximum atomic E-state index is 12.8. The lowest BCUT2D eigenvalue weighted by Gasteiger charge is -2.42. The van der Waals surface area contributed by atoms with Crippen molar-refractivity contribution in [1.82, 2.24) is 0 Å². The van der Waals surface area contributed by atoms with Crippen LogP contribution >= 0.6 is 0 Å². The molecule has 0 radical (unpaired) electrons. The van der Waals surface area contributed by atoms with Crippen molar-refractivity contribution in [3.63, 3.8) is 0 Å². The summed E-state index contributed by atoms with van der Waals surface area (Å²) in [6.07, 6.45) is 1.06. The average molecular weight is 306 g/mol. The van der Waals surface area contributed by atoms with Crippen molar-refractivity contribution in [2.24, 2.45) is 17.8 Å². The van der Waals surface area contributed by atoms with Crippen molar-refractivity contribution in [1.29, 1.82) is 0 Å². The zero-order chi connectivity index (χ0) is 16.4. The van der Waals surface area contributed by atoms with Crippen LogP contribution in [0.1, 0.15) is 36.8 Å². The molecular formula is C21H22O2. The van der Waals surface area contributed by atoms with Crippen LogP contribution in [0.4, 0.5) is 0 Å². The minimum absolute atomic E-state index is 0.0531. The second-order valence-corrected chi connectivity index (χ2v) is 6.57. The molecule has 2 aromatic carbocycles. The minimum Gasteiger partial charge on any atom is -0.303 e. The van der Waals surface area contributed by atoms with E-state index in [0.717, 1.165) is 17.4 Å². The van der Waals surface area contributed by atoms with Crippen LogP contribution in [0.5, 0.6) is 0 Å². The highest BCUT2D eigenvalue weighted by atomic mass is 16.1. The molecule has 1 saturated carbocycles. The van der Waals surface area contributed by atoms with Crippen LogP contribution in [0.15, 0.2) is 60.7 Å². The van der Waals surface area contributed by atoms with E-state index in [0.29, 0.717) is 0 Å². The first-order chi connectivity index (χ1) is 11.1. The van der Waals surface area contributed by atoms with Gasteiger partial charge in [-0.05, 0) is 11.1 Å². The van der Waals surface area contributed by atoms with Crippen molar-refractivity contribution in [3.05, 3.63) is 71.8 Å². The topological polar surface area (TPSA) is 34.1 Å². The van der Waals surface area contributed by atoms with Crippen LogP contribution in [0.25, 0.3) is 0 Å². The number of benzene rings is 2. The fourth-order valence-electron chi connectivity index (χ4n) is 4.20. The summed E-state index contributed by atoms with van der Waals surface area (Å²) in [7, 11) is 0. The number of carbonyl (C=O) groups is 2. The summed E-state index contributed by atoms with van der Waals surface area (Å²) in [4.78, 5) is 24.9. The van der Waals surface area contributed by atoms with Gasteiger partial charge in [0, 0.05) is 29.6 Å². The highest BCUT2D eigenvalue weighted by molar-refractivity contribution is 5.87. The molecule has 0 amide bonds. The van der Waals surface area contributed by atoms with E-state index >= 15 is 0 Å². The molecule has 1 aliphatic carbocycles. The fourth-order valence-corrected chi connectivity index (χ4v) is 4.20. The van der Waals surface area contributed by atoms with E-state index in [1.165, 1.54) is 0 Å². The molecule has 23 heavy (non-hydrogen) atoms. The highest BCUT2D eigenvalue weighted by Crippen LogP contribution is 2.49.